The van der Waals surface area contributed by atoms with Gasteiger partial charge in [-0.3, -0.25) is 14.9 Å². The zero-order valence-electron chi connectivity index (χ0n) is 17.1. The molecule has 0 saturated heterocycles. The standard InChI is InChI=1S/C26H19ClN2O3/c27-20-11-8-17(9-12-20)16-28-24-13-10-18-4-1-2-7-22(18)26(24)23(15-25(28)30)19-5-3-6-21(14-19)29(31)32/h1-14,23H,15-16H2. The van der Waals surface area contributed by atoms with Crippen LogP contribution in [0.3, 0.4) is 0 Å². The van der Waals surface area contributed by atoms with Crippen LogP contribution in [0.5, 0.6) is 0 Å². The van der Waals surface area contributed by atoms with Gasteiger partial charge in [-0.05, 0) is 45.7 Å². The molecule has 0 N–H and O–H groups in total. The first-order valence-electron chi connectivity index (χ1n) is 10.3. The van der Waals surface area contributed by atoms with Gasteiger partial charge in [0.2, 0.25) is 5.91 Å². The molecule has 1 aliphatic heterocycles. The first kappa shape index (κ1) is 20.2. The highest BCUT2D eigenvalue weighted by atomic mass is 35.5. The van der Waals surface area contributed by atoms with Gasteiger partial charge in [0.1, 0.15) is 0 Å². The highest BCUT2D eigenvalue weighted by Crippen LogP contribution is 2.45. The van der Waals surface area contributed by atoms with Crippen LogP contribution in [-0.2, 0) is 11.3 Å². The lowest BCUT2D eigenvalue weighted by Crippen LogP contribution is -2.36. The quantitative estimate of drug-likeness (QED) is 0.269. The summed E-state index contributed by atoms with van der Waals surface area (Å²) in [5, 5.41) is 14.1. The number of hydrogen-bond acceptors (Lipinski definition) is 3. The van der Waals surface area contributed by atoms with Crippen LogP contribution in [0.25, 0.3) is 10.8 Å². The molecule has 32 heavy (non-hydrogen) atoms. The molecule has 1 aliphatic rings. The third-order valence-electron chi connectivity index (χ3n) is 6.00. The Balaban J connectivity index is 1.67. The van der Waals surface area contributed by atoms with Crippen LogP contribution in [0.1, 0.15) is 29.0 Å². The fourth-order valence-corrected chi connectivity index (χ4v) is 4.62. The predicted molar refractivity (Wildman–Crippen MR) is 126 cm³/mol. The third-order valence-corrected chi connectivity index (χ3v) is 6.26. The summed E-state index contributed by atoms with van der Waals surface area (Å²) in [5.74, 6) is -0.274. The largest absolute Gasteiger partial charge is 0.308 e. The predicted octanol–water partition coefficient (Wildman–Crippen LogP) is 6.47. The molecular formula is C26H19ClN2O3. The maximum atomic E-state index is 13.3. The van der Waals surface area contributed by atoms with Crippen LogP contribution in [-0.4, -0.2) is 10.8 Å². The lowest BCUT2D eigenvalue weighted by molar-refractivity contribution is -0.384. The monoisotopic (exact) mass is 442 g/mol. The van der Waals surface area contributed by atoms with Crippen molar-refractivity contribution in [1.82, 2.24) is 0 Å². The van der Waals surface area contributed by atoms with Gasteiger partial charge in [0.05, 0.1) is 11.5 Å². The average molecular weight is 443 g/mol. The molecule has 0 aliphatic carbocycles. The minimum absolute atomic E-state index is 0.0146. The highest BCUT2D eigenvalue weighted by Gasteiger charge is 2.34. The van der Waals surface area contributed by atoms with Gasteiger partial charge in [0.15, 0.2) is 0 Å². The number of carbonyl (C=O) groups excluding carboxylic acids is 1. The summed E-state index contributed by atoms with van der Waals surface area (Å²) in [6.07, 6.45) is 0.246. The molecule has 1 amide bonds. The zero-order valence-corrected chi connectivity index (χ0v) is 17.8. The number of fused-ring (bicyclic) bond motifs is 3. The second-order valence-electron chi connectivity index (χ2n) is 7.93. The number of nitro groups is 1. The van der Waals surface area contributed by atoms with E-state index in [-0.39, 0.29) is 23.9 Å². The number of halogens is 1. The molecule has 158 valence electrons. The van der Waals surface area contributed by atoms with Crippen molar-refractivity contribution in [1.29, 1.82) is 0 Å². The summed E-state index contributed by atoms with van der Waals surface area (Å²) >= 11 is 6.02. The van der Waals surface area contributed by atoms with Gasteiger partial charge in [0.25, 0.3) is 5.69 Å². The van der Waals surface area contributed by atoms with Gasteiger partial charge in [-0.1, -0.05) is 66.2 Å². The van der Waals surface area contributed by atoms with Gasteiger partial charge < -0.3 is 4.90 Å². The van der Waals surface area contributed by atoms with Crippen LogP contribution < -0.4 is 4.90 Å². The molecule has 0 fully saturated rings. The Kier molecular flexibility index (Phi) is 5.11. The number of nitro benzene ring substituents is 1. The Bertz CT molecular complexity index is 1350. The van der Waals surface area contributed by atoms with Gasteiger partial charge in [-0.15, -0.1) is 0 Å². The molecule has 1 atom stereocenters. The maximum Gasteiger partial charge on any atom is 0.269 e. The topological polar surface area (TPSA) is 63.4 Å². The summed E-state index contributed by atoms with van der Waals surface area (Å²) in [5.41, 5.74) is 3.65. The third kappa shape index (κ3) is 3.61. The maximum absolute atomic E-state index is 13.3. The summed E-state index contributed by atoms with van der Waals surface area (Å²) in [7, 11) is 0. The minimum atomic E-state index is -0.398. The van der Waals surface area contributed by atoms with Gasteiger partial charge in [-0.2, -0.15) is 0 Å². The highest BCUT2D eigenvalue weighted by molar-refractivity contribution is 6.30. The van der Waals surface area contributed by atoms with Crippen molar-refractivity contribution in [2.45, 2.75) is 18.9 Å². The van der Waals surface area contributed by atoms with E-state index >= 15 is 0 Å². The number of nitrogens with zero attached hydrogens (tertiary/aromatic N) is 2. The fraction of sp³-hybridized carbons (Fsp3) is 0.115. The van der Waals surface area contributed by atoms with E-state index in [9.17, 15) is 14.9 Å². The number of rotatable bonds is 4. The molecule has 1 unspecified atom stereocenters. The number of anilines is 1. The van der Waals surface area contributed by atoms with Crippen LogP contribution in [0.2, 0.25) is 5.02 Å². The van der Waals surface area contributed by atoms with E-state index < -0.39 is 4.92 Å². The van der Waals surface area contributed by atoms with E-state index in [1.54, 1.807) is 17.0 Å². The Labute approximate surface area is 190 Å². The van der Waals surface area contributed by atoms with Crippen molar-refractivity contribution in [3.63, 3.8) is 0 Å². The Morgan fingerprint density at radius 2 is 1.75 bits per heavy atom. The molecular weight excluding hydrogens is 424 g/mol. The second-order valence-corrected chi connectivity index (χ2v) is 8.37. The summed E-state index contributed by atoms with van der Waals surface area (Å²) < 4.78 is 0. The molecule has 0 spiro atoms. The summed E-state index contributed by atoms with van der Waals surface area (Å²) in [6, 6.07) is 26.1. The van der Waals surface area contributed by atoms with Crippen LogP contribution in [0.15, 0.2) is 84.9 Å². The van der Waals surface area contributed by atoms with Crippen molar-refractivity contribution in [2.75, 3.05) is 4.90 Å². The van der Waals surface area contributed by atoms with E-state index in [2.05, 4.69) is 6.07 Å². The molecule has 5 nitrogen and oxygen atoms in total. The van der Waals surface area contributed by atoms with Crippen LogP contribution in [0, 0.1) is 10.1 Å². The number of amides is 1. The smallest absolute Gasteiger partial charge is 0.269 e. The van der Waals surface area contributed by atoms with E-state index in [0.29, 0.717) is 11.6 Å². The Morgan fingerprint density at radius 1 is 0.969 bits per heavy atom. The first-order valence-corrected chi connectivity index (χ1v) is 10.7. The Morgan fingerprint density at radius 3 is 2.53 bits per heavy atom. The van der Waals surface area contributed by atoms with E-state index in [4.69, 9.17) is 11.6 Å². The van der Waals surface area contributed by atoms with Gasteiger partial charge in [-0.25, -0.2) is 0 Å². The fourth-order valence-electron chi connectivity index (χ4n) is 4.49. The lowest BCUT2D eigenvalue weighted by Gasteiger charge is -2.35. The van der Waals surface area contributed by atoms with Crippen LogP contribution in [0.4, 0.5) is 11.4 Å². The molecule has 6 heteroatoms. The van der Waals surface area contributed by atoms with Gasteiger partial charge >= 0.3 is 0 Å². The van der Waals surface area contributed by atoms with Crippen molar-refractivity contribution in [2.24, 2.45) is 0 Å². The SMILES string of the molecule is O=C1CC(c2cccc([N+](=O)[O-])c2)c2c(ccc3ccccc23)N1Cc1ccc(Cl)cc1. The minimum Gasteiger partial charge on any atom is -0.308 e. The summed E-state index contributed by atoms with van der Waals surface area (Å²) in [4.78, 5) is 26.1. The number of carbonyl (C=O) groups is 1. The van der Waals surface area contributed by atoms with Crippen LogP contribution >= 0.6 is 11.6 Å². The van der Waals surface area contributed by atoms with E-state index in [1.165, 1.54) is 6.07 Å². The molecule has 4 aromatic carbocycles. The molecule has 0 bridgehead atoms. The number of non-ortho nitro benzene ring substituents is 1. The van der Waals surface area contributed by atoms with E-state index in [1.807, 2.05) is 60.7 Å². The normalized spacial score (nSPS) is 15.6. The zero-order chi connectivity index (χ0) is 22.2. The Hall–Kier alpha value is -3.70. The molecule has 4 aromatic rings. The number of hydrogen-bond donors (Lipinski definition) is 0. The van der Waals surface area contributed by atoms with Gasteiger partial charge in [0, 0.05) is 35.2 Å². The molecule has 0 aromatic heterocycles. The van der Waals surface area contributed by atoms with Crippen molar-refractivity contribution in [3.8, 4) is 0 Å². The van der Waals surface area contributed by atoms with Crippen molar-refractivity contribution < 1.29 is 9.72 Å². The summed E-state index contributed by atoms with van der Waals surface area (Å²) in [6.45, 7) is 0.434. The molecule has 0 radical (unpaired) electrons. The number of benzene rings is 4. The molecule has 0 saturated carbocycles. The molecule has 1 heterocycles. The van der Waals surface area contributed by atoms with Crippen molar-refractivity contribution >= 4 is 39.7 Å². The first-order chi connectivity index (χ1) is 15.5. The average Bonchev–Trinajstić information content (AvgIpc) is 2.81. The van der Waals surface area contributed by atoms with Crippen molar-refractivity contribution in [3.05, 3.63) is 117 Å². The second kappa shape index (κ2) is 8.09. The molecule has 5 rings (SSSR count). The lowest BCUT2D eigenvalue weighted by atomic mass is 9.81. The van der Waals surface area contributed by atoms with E-state index in [0.717, 1.165) is 33.2 Å².